The molecule has 1 aliphatic rings. The van der Waals surface area contributed by atoms with Gasteiger partial charge in [-0.25, -0.2) is 13.9 Å². The van der Waals surface area contributed by atoms with E-state index in [1.54, 1.807) is 0 Å². The molecular weight excluding hydrogens is 494 g/mol. The fourth-order valence-corrected chi connectivity index (χ4v) is 5.20. The van der Waals surface area contributed by atoms with E-state index in [4.69, 9.17) is 9.94 Å². The van der Waals surface area contributed by atoms with E-state index < -0.39 is 56.0 Å². The molecule has 186 valence electrons. The van der Waals surface area contributed by atoms with Crippen molar-refractivity contribution in [1.29, 1.82) is 0 Å². The number of hydrogen-bond acceptors (Lipinski definition) is 5. The Hall–Kier alpha value is -2.84. The van der Waals surface area contributed by atoms with Gasteiger partial charge in [-0.1, -0.05) is 6.07 Å². The van der Waals surface area contributed by atoms with E-state index in [1.165, 1.54) is 0 Å². The van der Waals surface area contributed by atoms with Crippen molar-refractivity contribution in [1.82, 2.24) is 9.79 Å². The average Bonchev–Trinajstić information content (AvgIpc) is 2.77. The Morgan fingerprint density at radius 3 is 2.06 bits per heavy atom. The Kier molecular flexibility index (Phi) is 7.15. The zero-order valence-electron chi connectivity index (χ0n) is 17.2. The van der Waals surface area contributed by atoms with Gasteiger partial charge in [0.2, 0.25) is 10.0 Å². The van der Waals surface area contributed by atoms with Crippen LogP contribution in [0, 0.1) is 0 Å². The van der Waals surface area contributed by atoms with Crippen molar-refractivity contribution in [3.05, 3.63) is 59.2 Å². The van der Waals surface area contributed by atoms with Gasteiger partial charge in [0.25, 0.3) is 5.91 Å². The lowest BCUT2D eigenvalue weighted by molar-refractivity contribution is -0.138. The Morgan fingerprint density at radius 1 is 0.971 bits per heavy atom. The highest BCUT2D eigenvalue weighted by molar-refractivity contribution is 7.89. The predicted octanol–water partition coefficient (Wildman–Crippen LogP) is 4.08. The third kappa shape index (κ3) is 5.45. The summed E-state index contributed by atoms with van der Waals surface area (Å²) in [5.74, 6) is -1.49. The van der Waals surface area contributed by atoms with Gasteiger partial charge in [0, 0.05) is 13.1 Å². The predicted molar refractivity (Wildman–Crippen MR) is 105 cm³/mol. The molecule has 7 nitrogen and oxygen atoms in total. The zero-order chi connectivity index (χ0) is 25.3. The van der Waals surface area contributed by atoms with Crippen LogP contribution in [-0.4, -0.2) is 43.0 Å². The summed E-state index contributed by atoms with van der Waals surface area (Å²) in [6.07, 6.45) is -9.92. The fraction of sp³-hybridized carbons (Fsp3) is 0.350. The number of nitrogens with zero attached hydrogens (tertiary/aromatic N) is 1. The van der Waals surface area contributed by atoms with Crippen LogP contribution in [0.15, 0.2) is 47.4 Å². The van der Waals surface area contributed by atoms with E-state index in [0.29, 0.717) is 6.07 Å². The largest absolute Gasteiger partial charge is 0.490 e. The Morgan fingerprint density at radius 2 is 1.56 bits per heavy atom. The van der Waals surface area contributed by atoms with Gasteiger partial charge in [0.05, 0.1) is 21.6 Å². The molecule has 2 aromatic rings. The molecule has 34 heavy (non-hydrogen) atoms. The minimum atomic E-state index is -5.06. The van der Waals surface area contributed by atoms with Crippen LogP contribution in [0.25, 0.3) is 0 Å². The molecule has 1 amide bonds. The first kappa shape index (κ1) is 25.8. The summed E-state index contributed by atoms with van der Waals surface area (Å²) in [7, 11) is -4.57. The number of carbonyl (C=O) groups excluding carboxylic acids is 1. The van der Waals surface area contributed by atoms with Crippen molar-refractivity contribution >= 4 is 15.9 Å². The molecular formula is C20H18F6N2O5S. The first-order valence-electron chi connectivity index (χ1n) is 9.74. The number of hydroxylamine groups is 1. The molecule has 0 radical (unpaired) electrons. The molecule has 14 heteroatoms. The standard InChI is InChI=1S/C20H18F6N2O5S/c21-19(22,23)12-4-6-13(7-5-12)33-14-8-10-28(11-9-14)34(31,32)16-3-1-2-15(20(24,25)26)17(16)18(29)27-30/h1-7,14,30H,8-11H2,(H,27,29). The van der Waals surface area contributed by atoms with E-state index in [0.717, 1.165) is 46.2 Å². The van der Waals surface area contributed by atoms with Crippen LogP contribution < -0.4 is 10.2 Å². The second-order valence-electron chi connectivity index (χ2n) is 7.36. The summed E-state index contributed by atoms with van der Waals surface area (Å²) in [4.78, 5) is 11.0. The van der Waals surface area contributed by atoms with Crippen molar-refractivity contribution < 1.29 is 49.5 Å². The molecule has 1 fully saturated rings. The molecule has 0 spiro atoms. The summed E-state index contributed by atoms with van der Waals surface area (Å²) in [6, 6.07) is 6.15. The number of nitrogens with one attached hydrogen (secondary N) is 1. The maximum atomic E-state index is 13.4. The molecule has 2 N–H and O–H groups in total. The third-order valence-electron chi connectivity index (χ3n) is 5.16. The topological polar surface area (TPSA) is 95.9 Å². The highest BCUT2D eigenvalue weighted by atomic mass is 32.2. The smallest absolute Gasteiger partial charge is 0.417 e. The highest BCUT2D eigenvalue weighted by Crippen LogP contribution is 2.36. The quantitative estimate of drug-likeness (QED) is 0.358. The molecule has 3 rings (SSSR count). The van der Waals surface area contributed by atoms with Crippen LogP contribution in [0.1, 0.15) is 34.3 Å². The average molecular weight is 512 g/mol. The van der Waals surface area contributed by atoms with Crippen molar-refractivity contribution in [3.8, 4) is 5.75 Å². The van der Waals surface area contributed by atoms with Gasteiger partial charge in [-0.05, 0) is 49.2 Å². The first-order valence-corrected chi connectivity index (χ1v) is 11.2. The number of sulfonamides is 1. The van der Waals surface area contributed by atoms with E-state index in [2.05, 4.69) is 0 Å². The number of alkyl halides is 6. The second kappa shape index (κ2) is 9.43. The first-order chi connectivity index (χ1) is 15.7. The van der Waals surface area contributed by atoms with Crippen LogP contribution in [-0.2, 0) is 22.4 Å². The highest BCUT2D eigenvalue weighted by Gasteiger charge is 2.40. The monoisotopic (exact) mass is 512 g/mol. The van der Waals surface area contributed by atoms with E-state index >= 15 is 0 Å². The lowest BCUT2D eigenvalue weighted by Gasteiger charge is -2.32. The van der Waals surface area contributed by atoms with Gasteiger partial charge >= 0.3 is 12.4 Å². The van der Waals surface area contributed by atoms with E-state index in [1.807, 2.05) is 0 Å². The summed E-state index contributed by atoms with van der Waals surface area (Å²) < 4.78 is 111. The molecule has 0 saturated carbocycles. The van der Waals surface area contributed by atoms with Gasteiger partial charge in [-0.2, -0.15) is 30.6 Å². The van der Waals surface area contributed by atoms with Gasteiger partial charge in [0.1, 0.15) is 11.9 Å². The third-order valence-corrected chi connectivity index (χ3v) is 7.10. The maximum absolute atomic E-state index is 13.4. The van der Waals surface area contributed by atoms with E-state index in [9.17, 15) is 39.6 Å². The molecule has 1 heterocycles. The van der Waals surface area contributed by atoms with Crippen LogP contribution >= 0.6 is 0 Å². The Labute approximate surface area is 189 Å². The minimum absolute atomic E-state index is 0.0980. The summed E-state index contributed by atoms with van der Waals surface area (Å²) in [6.45, 7) is -0.353. The summed E-state index contributed by atoms with van der Waals surface area (Å²) >= 11 is 0. The molecule has 2 aromatic carbocycles. The number of rotatable bonds is 5. The molecule has 0 bridgehead atoms. The van der Waals surface area contributed by atoms with Crippen molar-refractivity contribution in [2.24, 2.45) is 0 Å². The van der Waals surface area contributed by atoms with Crippen LogP contribution in [0.4, 0.5) is 26.3 Å². The van der Waals surface area contributed by atoms with E-state index in [-0.39, 0.29) is 31.7 Å². The SMILES string of the molecule is O=C(NO)c1c(C(F)(F)F)cccc1S(=O)(=O)N1CCC(Oc2ccc(C(F)(F)F)cc2)CC1. The van der Waals surface area contributed by atoms with Crippen molar-refractivity contribution in [2.45, 2.75) is 36.2 Å². The lowest BCUT2D eigenvalue weighted by Crippen LogP contribution is -2.42. The number of carbonyl (C=O) groups is 1. The maximum Gasteiger partial charge on any atom is 0.417 e. The number of piperidine rings is 1. The van der Waals surface area contributed by atoms with Gasteiger partial charge < -0.3 is 4.74 Å². The molecule has 0 aliphatic carbocycles. The number of ether oxygens (including phenoxy) is 1. The minimum Gasteiger partial charge on any atom is -0.490 e. The number of benzene rings is 2. The van der Waals surface area contributed by atoms with Crippen molar-refractivity contribution in [3.63, 3.8) is 0 Å². The van der Waals surface area contributed by atoms with Gasteiger partial charge in [-0.3, -0.25) is 10.0 Å². The number of halogens is 6. The lowest BCUT2D eigenvalue weighted by atomic mass is 10.1. The molecule has 0 atom stereocenters. The number of amides is 1. The van der Waals surface area contributed by atoms with Crippen LogP contribution in [0.3, 0.4) is 0 Å². The summed E-state index contributed by atoms with van der Waals surface area (Å²) in [5.41, 5.74) is -2.58. The number of hydrogen-bond donors (Lipinski definition) is 2. The van der Waals surface area contributed by atoms with Gasteiger partial charge in [-0.15, -0.1) is 0 Å². The summed E-state index contributed by atoms with van der Waals surface area (Å²) in [5, 5.41) is 8.86. The fourth-order valence-electron chi connectivity index (χ4n) is 3.52. The normalized spacial score (nSPS) is 16.3. The Balaban J connectivity index is 1.77. The second-order valence-corrected chi connectivity index (χ2v) is 9.27. The van der Waals surface area contributed by atoms with Crippen molar-refractivity contribution in [2.75, 3.05) is 13.1 Å². The zero-order valence-corrected chi connectivity index (χ0v) is 18.0. The van der Waals surface area contributed by atoms with Gasteiger partial charge in [0.15, 0.2) is 0 Å². The molecule has 1 saturated heterocycles. The molecule has 0 unspecified atom stereocenters. The van der Waals surface area contributed by atoms with Crippen LogP contribution in [0.5, 0.6) is 5.75 Å². The Bertz CT molecular complexity index is 1140. The van der Waals surface area contributed by atoms with Crippen LogP contribution in [0.2, 0.25) is 0 Å². The molecule has 0 aromatic heterocycles. The molecule has 1 aliphatic heterocycles.